The van der Waals surface area contributed by atoms with Gasteiger partial charge < -0.3 is 14.6 Å². The number of benzene rings is 1. The van der Waals surface area contributed by atoms with E-state index in [0.29, 0.717) is 26.6 Å². The molecule has 146 valence electrons. The Labute approximate surface area is 175 Å². The average Bonchev–Trinajstić information content (AvgIpc) is 3.21. The third-order valence-corrected chi connectivity index (χ3v) is 5.98. The summed E-state index contributed by atoms with van der Waals surface area (Å²) < 4.78 is 6.55. The maximum atomic E-state index is 12.3. The molecule has 7 nitrogen and oxygen atoms in total. The van der Waals surface area contributed by atoms with Gasteiger partial charge in [0.1, 0.15) is 5.00 Å². The standard InChI is InChI=1S/C18H17ClN4O3S2/c1-10-7-13(17(25)26-3)16(28-10)20-14(24)9-27-18-22-21-15(23(18)2)11-5-4-6-12(19)8-11/h4-8H,9H2,1-3H3,(H,20,24). The highest BCUT2D eigenvalue weighted by atomic mass is 35.5. The van der Waals surface area contributed by atoms with Gasteiger partial charge in [-0.1, -0.05) is 35.5 Å². The fraction of sp³-hybridized carbons (Fsp3) is 0.222. The van der Waals surface area contributed by atoms with Gasteiger partial charge in [-0.25, -0.2) is 4.79 Å². The molecule has 2 aromatic heterocycles. The number of halogens is 1. The fourth-order valence-corrected chi connectivity index (χ4v) is 4.30. The molecule has 10 heteroatoms. The fourth-order valence-electron chi connectivity index (χ4n) is 2.48. The Morgan fingerprint density at radius 2 is 2.11 bits per heavy atom. The van der Waals surface area contributed by atoms with Crippen LogP contribution in [-0.2, 0) is 16.6 Å². The van der Waals surface area contributed by atoms with Crippen LogP contribution in [0, 0.1) is 6.92 Å². The second-order valence-electron chi connectivity index (χ2n) is 5.80. The molecule has 0 unspecified atom stereocenters. The average molecular weight is 437 g/mol. The maximum Gasteiger partial charge on any atom is 0.340 e. The minimum absolute atomic E-state index is 0.124. The topological polar surface area (TPSA) is 86.1 Å². The normalized spacial score (nSPS) is 10.7. The molecule has 2 heterocycles. The van der Waals surface area contributed by atoms with Crippen LogP contribution >= 0.6 is 34.7 Å². The number of anilines is 1. The molecular weight excluding hydrogens is 420 g/mol. The van der Waals surface area contributed by atoms with Crippen LogP contribution in [0.1, 0.15) is 15.2 Å². The van der Waals surface area contributed by atoms with Crippen LogP contribution in [0.25, 0.3) is 11.4 Å². The number of hydrogen-bond donors (Lipinski definition) is 1. The zero-order valence-corrected chi connectivity index (χ0v) is 17.7. The Morgan fingerprint density at radius 3 is 2.82 bits per heavy atom. The number of ether oxygens (including phenoxy) is 1. The van der Waals surface area contributed by atoms with Gasteiger partial charge in [-0.15, -0.1) is 21.5 Å². The van der Waals surface area contributed by atoms with Crippen molar-refractivity contribution in [2.75, 3.05) is 18.2 Å². The summed E-state index contributed by atoms with van der Waals surface area (Å²) in [5.41, 5.74) is 1.20. The molecule has 28 heavy (non-hydrogen) atoms. The third kappa shape index (κ3) is 4.54. The molecule has 0 bridgehead atoms. The summed E-state index contributed by atoms with van der Waals surface area (Å²) in [6, 6.07) is 9.02. The van der Waals surface area contributed by atoms with Crippen molar-refractivity contribution in [2.45, 2.75) is 12.1 Å². The molecular formula is C18H17ClN4O3S2. The lowest BCUT2D eigenvalue weighted by molar-refractivity contribution is -0.113. The van der Waals surface area contributed by atoms with Gasteiger partial charge in [-0.2, -0.15) is 0 Å². The summed E-state index contributed by atoms with van der Waals surface area (Å²) in [6.07, 6.45) is 0. The summed E-state index contributed by atoms with van der Waals surface area (Å²) in [4.78, 5) is 25.1. The molecule has 3 rings (SSSR count). The highest BCUT2D eigenvalue weighted by Gasteiger charge is 2.18. The van der Waals surface area contributed by atoms with Gasteiger partial charge in [0.05, 0.1) is 18.4 Å². The van der Waals surface area contributed by atoms with Crippen LogP contribution in [0.15, 0.2) is 35.5 Å². The summed E-state index contributed by atoms with van der Waals surface area (Å²) >= 11 is 8.61. The number of nitrogens with one attached hydrogen (secondary N) is 1. The number of aryl methyl sites for hydroxylation is 1. The summed E-state index contributed by atoms with van der Waals surface area (Å²) in [5.74, 6) is 0.0577. The molecule has 1 aromatic carbocycles. The first kappa shape index (κ1) is 20.4. The van der Waals surface area contributed by atoms with Crippen molar-refractivity contribution < 1.29 is 14.3 Å². The zero-order valence-electron chi connectivity index (χ0n) is 15.4. The van der Waals surface area contributed by atoms with Crippen LogP contribution < -0.4 is 5.32 Å². The molecule has 0 radical (unpaired) electrons. The number of esters is 1. The van der Waals surface area contributed by atoms with Crippen molar-refractivity contribution in [1.82, 2.24) is 14.8 Å². The van der Waals surface area contributed by atoms with Crippen molar-refractivity contribution in [3.63, 3.8) is 0 Å². The Kier molecular flexibility index (Phi) is 6.38. The molecule has 3 aromatic rings. The van der Waals surface area contributed by atoms with Crippen molar-refractivity contribution in [3.05, 3.63) is 45.8 Å². The molecule has 0 saturated heterocycles. The van der Waals surface area contributed by atoms with Gasteiger partial charge in [0.2, 0.25) is 5.91 Å². The predicted molar refractivity (Wildman–Crippen MR) is 111 cm³/mol. The van der Waals surface area contributed by atoms with Crippen molar-refractivity contribution in [3.8, 4) is 11.4 Å². The number of carbonyl (C=O) groups is 2. The number of carbonyl (C=O) groups excluding carboxylic acids is 2. The molecule has 0 spiro atoms. The van der Waals surface area contributed by atoms with Crippen LogP contribution in [0.2, 0.25) is 5.02 Å². The number of thioether (sulfide) groups is 1. The molecule has 0 atom stereocenters. The lowest BCUT2D eigenvalue weighted by Gasteiger charge is -2.06. The van der Waals surface area contributed by atoms with Crippen molar-refractivity contribution in [2.24, 2.45) is 7.05 Å². The first-order valence-corrected chi connectivity index (χ1v) is 10.3. The van der Waals surface area contributed by atoms with Crippen LogP contribution in [-0.4, -0.2) is 39.5 Å². The van der Waals surface area contributed by atoms with Gasteiger partial charge >= 0.3 is 5.97 Å². The van der Waals surface area contributed by atoms with Crippen LogP contribution in [0.5, 0.6) is 0 Å². The van der Waals surface area contributed by atoms with Gasteiger partial charge in [0, 0.05) is 22.5 Å². The summed E-state index contributed by atoms with van der Waals surface area (Å²) in [5, 5.41) is 12.8. The first-order valence-electron chi connectivity index (χ1n) is 8.15. The Bertz CT molecular complexity index is 1030. The van der Waals surface area contributed by atoms with E-state index in [0.717, 1.165) is 10.4 Å². The van der Waals surface area contributed by atoms with E-state index in [1.807, 2.05) is 26.1 Å². The first-order chi connectivity index (χ1) is 13.4. The quantitative estimate of drug-likeness (QED) is 0.464. The number of rotatable bonds is 6. The number of nitrogens with zero attached hydrogens (tertiary/aromatic N) is 3. The molecule has 0 aliphatic heterocycles. The highest BCUT2D eigenvalue weighted by molar-refractivity contribution is 7.99. The minimum atomic E-state index is -0.480. The predicted octanol–water partition coefficient (Wildman–Crippen LogP) is 4.02. The monoisotopic (exact) mass is 436 g/mol. The number of methoxy groups -OCH3 is 1. The van der Waals surface area contributed by atoms with E-state index in [2.05, 4.69) is 15.5 Å². The lowest BCUT2D eigenvalue weighted by Crippen LogP contribution is -2.16. The smallest absolute Gasteiger partial charge is 0.340 e. The highest BCUT2D eigenvalue weighted by Crippen LogP contribution is 2.29. The van der Waals surface area contributed by atoms with Gasteiger partial charge in [0.15, 0.2) is 11.0 Å². The summed E-state index contributed by atoms with van der Waals surface area (Å²) in [6.45, 7) is 1.86. The third-order valence-electron chi connectivity index (χ3n) is 3.76. The molecule has 1 amide bonds. The van der Waals surface area contributed by atoms with E-state index in [-0.39, 0.29) is 11.7 Å². The largest absolute Gasteiger partial charge is 0.465 e. The van der Waals surface area contributed by atoms with E-state index in [9.17, 15) is 9.59 Å². The second-order valence-corrected chi connectivity index (χ2v) is 8.44. The van der Waals surface area contributed by atoms with Crippen LogP contribution in [0.3, 0.4) is 0 Å². The van der Waals surface area contributed by atoms with E-state index in [1.54, 1.807) is 22.8 Å². The number of thiophene rings is 1. The van der Waals surface area contributed by atoms with E-state index >= 15 is 0 Å². The Morgan fingerprint density at radius 1 is 1.32 bits per heavy atom. The van der Waals surface area contributed by atoms with Crippen molar-refractivity contribution in [1.29, 1.82) is 0 Å². The lowest BCUT2D eigenvalue weighted by atomic mass is 10.2. The van der Waals surface area contributed by atoms with Crippen molar-refractivity contribution >= 4 is 51.6 Å². The van der Waals surface area contributed by atoms with E-state index in [1.165, 1.54) is 30.2 Å². The van der Waals surface area contributed by atoms with Gasteiger partial charge in [-0.05, 0) is 25.1 Å². The molecule has 0 saturated carbocycles. The van der Waals surface area contributed by atoms with Crippen LogP contribution in [0.4, 0.5) is 5.00 Å². The number of amides is 1. The molecule has 1 N–H and O–H groups in total. The van der Waals surface area contributed by atoms with Gasteiger partial charge in [-0.3, -0.25) is 4.79 Å². The summed E-state index contributed by atoms with van der Waals surface area (Å²) in [7, 11) is 3.14. The Balaban J connectivity index is 1.67. The Hall–Kier alpha value is -2.36. The minimum Gasteiger partial charge on any atom is -0.465 e. The zero-order chi connectivity index (χ0) is 20.3. The molecule has 0 fully saturated rings. The van der Waals surface area contributed by atoms with E-state index in [4.69, 9.17) is 16.3 Å². The number of aromatic nitrogens is 3. The molecule has 0 aliphatic rings. The number of hydrogen-bond acceptors (Lipinski definition) is 7. The maximum absolute atomic E-state index is 12.3. The van der Waals surface area contributed by atoms with E-state index < -0.39 is 5.97 Å². The second kappa shape index (κ2) is 8.76. The van der Waals surface area contributed by atoms with Gasteiger partial charge in [0.25, 0.3) is 0 Å². The SMILES string of the molecule is COC(=O)c1cc(C)sc1NC(=O)CSc1nnc(-c2cccc(Cl)c2)n1C. The molecule has 0 aliphatic carbocycles.